The summed E-state index contributed by atoms with van der Waals surface area (Å²) in [5, 5.41) is 25.2. The number of urea groups is 1. The standard InChI is InChI=1S/C20H14AsN4O5S/c22-13-14-10-11-17(16(12-14)21-31(29,30)15-6-2-1-3-7-15)23-20(26)24-18-8-4-5-9-19(18)25(27)28/h1-12H,(H2,23,24,26). The molecule has 0 aliphatic carbocycles. The number of nitrogens with zero attached hydrogens (tertiary/aromatic N) is 2. The Balaban J connectivity index is 1.88. The van der Waals surface area contributed by atoms with Crippen molar-refractivity contribution in [3.8, 4) is 6.07 Å². The third-order valence-electron chi connectivity index (χ3n) is 3.98. The predicted octanol–water partition coefficient (Wildman–Crippen LogP) is 2.83. The van der Waals surface area contributed by atoms with Gasteiger partial charge in [0.1, 0.15) is 0 Å². The van der Waals surface area contributed by atoms with Crippen molar-refractivity contribution in [2.75, 3.05) is 10.6 Å². The number of anilines is 2. The van der Waals surface area contributed by atoms with Crippen LogP contribution < -0.4 is 15.0 Å². The molecule has 0 atom stereocenters. The molecule has 0 aromatic heterocycles. The van der Waals surface area contributed by atoms with Crippen molar-refractivity contribution in [2.24, 2.45) is 0 Å². The first-order valence-electron chi connectivity index (χ1n) is 8.69. The predicted molar refractivity (Wildman–Crippen MR) is 116 cm³/mol. The molecule has 0 aliphatic rings. The Morgan fingerprint density at radius 2 is 1.61 bits per heavy atom. The second kappa shape index (κ2) is 9.43. The Kier molecular flexibility index (Phi) is 6.70. The first kappa shape index (κ1) is 22.0. The molecule has 31 heavy (non-hydrogen) atoms. The monoisotopic (exact) mass is 497 g/mol. The molecular weight excluding hydrogens is 483 g/mol. The molecule has 11 heteroatoms. The molecule has 9 nitrogen and oxygen atoms in total. The van der Waals surface area contributed by atoms with Gasteiger partial charge in [0.2, 0.25) is 0 Å². The fourth-order valence-corrected chi connectivity index (χ4v) is 8.16. The zero-order valence-corrected chi connectivity index (χ0v) is 18.4. The van der Waals surface area contributed by atoms with Crippen LogP contribution in [0.5, 0.6) is 0 Å². The van der Waals surface area contributed by atoms with Crippen molar-refractivity contribution in [3.63, 3.8) is 0 Å². The van der Waals surface area contributed by atoms with Crippen LogP contribution >= 0.6 is 0 Å². The molecule has 0 heterocycles. The van der Waals surface area contributed by atoms with E-state index in [1.807, 2.05) is 6.07 Å². The quantitative estimate of drug-likeness (QED) is 0.305. The molecule has 0 saturated heterocycles. The minimum atomic E-state index is -3.65. The first-order valence-corrected chi connectivity index (χ1v) is 13.4. The molecule has 3 aromatic rings. The van der Waals surface area contributed by atoms with E-state index in [1.54, 1.807) is 18.2 Å². The number of amides is 2. The van der Waals surface area contributed by atoms with E-state index in [1.165, 1.54) is 54.6 Å². The van der Waals surface area contributed by atoms with Crippen LogP contribution in [-0.2, 0) is 8.10 Å². The Morgan fingerprint density at radius 1 is 0.968 bits per heavy atom. The van der Waals surface area contributed by atoms with Gasteiger partial charge in [-0.05, 0) is 0 Å². The number of nitro groups is 1. The number of nitriles is 1. The number of hydrogen-bond acceptors (Lipinski definition) is 6. The minimum absolute atomic E-state index is 0.00892. The van der Waals surface area contributed by atoms with E-state index in [2.05, 4.69) is 10.6 Å². The van der Waals surface area contributed by atoms with E-state index in [0.29, 0.717) is 4.35 Å². The fourth-order valence-electron chi connectivity index (χ4n) is 2.57. The maximum atomic E-state index is 12.8. The van der Waals surface area contributed by atoms with E-state index in [0.717, 1.165) is 0 Å². The number of nitro benzene ring substituents is 1. The van der Waals surface area contributed by atoms with Crippen LogP contribution in [0.3, 0.4) is 0 Å². The van der Waals surface area contributed by atoms with Crippen molar-refractivity contribution >= 4 is 50.1 Å². The van der Waals surface area contributed by atoms with Crippen LogP contribution in [0.25, 0.3) is 0 Å². The van der Waals surface area contributed by atoms with E-state index >= 15 is 0 Å². The van der Waals surface area contributed by atoms with Crippen LogP contribution in [-0.4, -0.2) is 34.0 Å². The summed E-state index contributed by atoms with van der Waals surface area (Å²) >= 11 is -1.50. The second-order valence-corrected chi connectivity index (χ2v) is 12.9. The maximum absolute atomic E-state index is 12.8. The number of hydrogen-bond donors (Lipinski definition) is 2. The number of benzene rings is 3. The average molecular weight is 497 g/mol. The number of carbonyl (C=O) groups excluding carboxylic acids is 1. The molecule has 0 aliphatic heterocycles. The number of nitrogens with one attached hydrogen (secondary N) is 2. The molecule has 1 radical (unpaired) electrons. The summed E-state index contributed by atoms with van der Waals surface area (Å²) in [4.78, 5) is 23.1. The van der Waals surface area contributed by atoms with E-state index in [9.17, 15) is 28.6 Å². The van der Waals surface area contributed by atoms with Gasteiger partial charge >= 0.3 is 184 Å². The first-order chi connectivity index (χ1) is 14.8. The van der Waals surface area contributed by atoms with Gasteiger partial charge in [0.05, 0.1) is 0 Å². The van der Waals surface area contributed by atoms with Crippen molar-refractivity contribution in [3.05, 3.63) is 88.5 Å². The Morgan fingerprint density at radius 3 is 2.29 bits per heavy atom. The SMILES string of the molecule is N#Cc1ccc(NC(=O)Nc2ccccc2[N+](=O)[O-])c([As]S(=O)(=O)c2ccccc2)c1. The summed E-state index contributed by atoms with van der Waals surface area (Å²) in [6, 6.07) is 19.0. The molecule has 0 unspecified atom stereocenters. The van der Waals surface area contributed by atoms with Gasteiger partial charge < -0.3 is 0 Å². The van der Waals surface area contributed by atoms with Gasteiger partial charge in [-0.2, -0.15) is 0 Å². The van der Waals surface area contributed by atoms with E-state index < -0.39 is 33.6 Å². The Hall–Kier alpha value is -3.67. The summed E-state index contributed by atoms with van der Waals surface area (Å²) in [5.74, 6) is 0. The van der Waals surface area contributed by atoms with Crippen molar-refractivity contribution in [1.82, 2.24) is 0 Å². The van der Waals surface area contributed by atoms with Gasteiger partial charge in [0, 0.05) is 0 Å². The van der Waals surface area contributed by atoms with Gasteiger partial charge in [-0.15, -0.1) is 0 Å². The van der Waals surface area contributed by atoms with Gasteiger partial charge in [-0.3, -0.25) is 0 Å². The molecular formula is C20H14AsN4O5S. The van der Waals surface area contributed by atoms with E-state index in [-0.39, 0.29) is 27.5 Å². The molecule has 0 spiro atoms. The van der Waals surface area contributed by atoms with E-state index in [4.69, 9.17) is 0 Å². The molecule has 2 N–H and O–H groups in total. The van der Waals surface area contributed by atoms with Gasteiger partial charge in [-0.1, -0.05) is 0 Å². The summed E-state index contributed by atoms with van der Waals surface area (Å²) in [6.45, 7) is 0. The molecule has 155 valence electrons. The van der Waals surface area contributed by atoms with Crippen LogP contribution in [0.2, 0.25) is 0 Å². The summed E-state index contributed by atoms with van der Waals surface area (Å²) in [7, 11) is -3.65. The Labute approximate surface area is 183 Å². The molecule has 0 fully saturated rings. The van der Waals surface area contributed by atoms with Crippen LogP contribution in [0, 0.1) is 21.4 Å². The van der Waals surface area contributed by atoms with Gasteiger partial charge in [0.15, 0.2) is 0 Å². The number of para-hydroxylation sites is 2. The topological polar surface area (TPSA) is 142 Å². The molecule has 0 bridgehead atoms. The van der Waals surface area contributed by atoms with Crippen LogP contribution in [0.15, 0.2) is 77.7 Å². The summed E-state index contributed by atoms with van der Waals surface area (Å²) in [5.41, 5.74) is 0.161. The van der Waals surface area contributed by atoms with Gasteiger partial charge in [0.25, 0.3) is 0 Å². The summed E-state index contributed by atoms with van der Waals surface area (Å²) in [6.07, 6.45) is 0. The normalized spacial score (nSPS) is 11.1. The van der Waals surface area contributed by atoms with Crippen molar-refractivity contribution in [2.45, 2.75) is 4.90 Å². The fraction of sp³-hybridized carbons (Fsp3) is 0. The zero-order valence-electron chi connectivity index (χ0n) is 15.7. The third kappa shape index (κ3) is 5.48. The number of carbonyl (C=O) groups is 1. The molecule has 0 saturated carbocycles. The van der Waals surface area contributed by atoms with Gasteiger partial charge in [-0.25, -0.2) is 0 Å². The van der Waals surface area contributed by atoms with Crippen LogP contribution in [0.4, 0.5) is 21.9 Å². The molecule has 3 aromatic carbocycles. The molecule has 3 rings (SSSR count). The zero-order chi connectivity index (χ0) is 22.4. The Bertz CT molecular complexity index is 1290. The number of rotatable bonds is 6. The van der Waals surface area contributed by atoms with Crippen molar-refractivity contribution in [1.29, 1.82) is 5.26 Å². The third-order valence-corrected chi connectivity index (χ3v) is 10.1. The molecule has 2 amide bonds. The summed E-state index contributed by atoms with van der Waals surface area (Å²) < 4.78 is 25.9. The average Bonchev–Trinajstić information content (AvgIpc) is 2.75. The second-order valence-electron chi connectivity index (χ2n) is 6.08. The van der Waals surface area contributed by atoms with Crippen molar-refractivity contribution < 1.29 is 18.1 Å². The van der Waals surface area contributed by atoms with Crippen LogP contribution in [0.1, 0.15) is 5.56 Å².